The molecule has 0 spiro atoms. The van der Waals surface area contributed by atoms with Gasteiger partial charge in [0.15, 0.2) is 0 Å². The number of carboxylic acid groups (broad SMARTS) is 1. The van der Waals surface area contributed by atoms with E-state index in [2.05, 4.69) is 5.32 Å². The number of amides is 2. The summed E-state index contributed by atoms with van der Waals surface area (Å²) in [4.78, 5) is 23.2. The molecule has 1 aromatic carbocycles. The van der Waals surface area contributed by atoms with Crippen LogP contribution in [0.4, 0.5) is 10.5 Å². The lowest BCUT2D eigenvalue weighted by Crippen LogP contribution is -2.35. The maximum Gasteiger partial charge on any atom is 0.323 e. The van der Waals surface area contributed by atoms with Gasteiger partial charge < -0.3 is 20.1 Å². The van der Waals surface area contributed by atoms with E-state index >= 15 is 0 Å². The van der Waals surface area contributed by atoms with Crippen molar-refractivity contribution in [3.8, 4) is 5.75 Å². The number of urea groups is 1. The fourth-order valence-electron chi connectivity index (χ4n) is 1.32. The zero-order valence-electron chi connectivity index (χ0n) is 10.3. The number of anilines is 1. The standard InChI is InChI=1S/C12H16N2O4/c1-3-18-10-6-4-5-9(7-10)13-12(17)14(2)8-11(15)16/h4-7H,3,8H2,1-2H3,(H,13,17)(H,15,16). The zero-order valence-corrected chi connectivity index (χ0v) is 10.3. The van der Waals surface area contributed by atoms with Gasteiger partial charge in [-0.25, -0.2) is 4.79 Å². The van der Waals surface area contributed by atoms with Crippen molar-refractivity contribution in [2.75, 3.05) is 25.5 Å². The first kappa shape index (κ1) is 13.8. The summed E-state index contributed by atoms with van der Waals surface area (Å²) < 4.78 is 5.29. The van der Waals surface area contributed by atoms with Crippen LogP contribution in [0, 0.1) is 0 Å². The molecular weight excluding hydrogens is 236 g/mol. The Morgan fingerprint density at radius 3 is 2.78 bits per heavy atom. The van der Waals surface area contributed by atoms with Crippen molar-refractivity contribution in [2.24, 2.45) is 0 Å². The molecule has 0 aliphatic rings. The van der Waals surface area contributed by atoms with Crippen molar-refractivity contribution < 1.29 is 19.4 Å². The van der Waals surface area contributed by atoms with Crippen LogP contribution >= 0.6 is 0 Å². The first-order chi connectivity index (χ1) is 8.52. The average molecular weight is 252 g/mol. The van der Waals surface area contributed by atoms with Crippen LogP contribution < -0.4 is 10.1 Å². The van der Waals surface area contributed by atoms with Gasteiger partial charge in [0.05, 0.1) is 6.61 Å². The number of likely N-dealkylation sites (N-methyl/N-ethyl adjacent to an activating group) is 1. The molecule has 0 fully saturated rings. The number of ether oxygens (including phenoxy) is 1. The summed E-state index contributed by atoms with van der Waals surface area (Å²) in [5, 5.41) is 11.2. The van der Waals surface area contributed by atoms with Crippen LogP contribution in [0.15, 0.2) is 24.3 Å². The summed E-state index contributed by atoms with van der Waals surface area (Å²) in [6, 6.07) is 6.43. The number of carbonyl (C=O) groups excluding carboxylic acids is 1. The lowest BCUT2D eigenvalue weighted by molar-refractivity contribution is -0.137. The number of carboxylic acids is 1. The molecule has 0 atom stereocenters. The fourth-order valence-corrected chi connectivity index (χ4v) is 1.32. The van der Waals surface area contributed by atoms with Crippen LogP contribution in [-0.4, -0.2) is 42.2 Å². The van der Waals surface area contributed by atoms with Crippen molar-refractivity contribution in [2.45, 2.75) is 6.92 Å². The van der Waals surface area contributed by atoms with Gasteiger partial charge in [-0.05, 0) is 19.1 Å². The van der Waals surface area contributed by atoms with Crippen LogP contribution in [0.1, 0.15) is 6.92 Å². The van der Waals surface area contributed by atoms with Gasteiger partial charge in [0.2, 0.25) is 0 Å². The molecule has 0 bridgehead atoms. The highest BCUT2D eigenvalue weighted by Crippen LogP contribution is 2.17. The van der Waals surface area contributed by atoms with Crippen molar-refractivity contribution in [1.82, 2.24) is 4.90 Å². The molecule has 1 aromatic rings. The minimum atomic E-state index is -1.06. The van der Waals surface area contributed by atoms with E-state index in [0.717, 1.165) is 4.90 Å². The fraction of sp³-hybridized carbons (Fsp3) is 0.333. The Morgan fingerprint density at radius 1 is 1.44 bits per heavy atom. The van der Waals surface area contributed by atoms with Gasteiger partial charge >= 0.3 is 12.0 Å². The first-order valence-electron chi connectivity index (χ1n) is 5.49. The molecule has 1 rings (SSSR count). The number of carbonyl (C=O) groups is 2. The molecule has 0 unspecified atom stereocenters. The SMILES string of the molecule is CCOc1cccc(NC(=O)N(C)CC(=O)O)c1. The molecule has 0 saturated heterocycles. The number of rotatable bonds is 5. The van der Waals surface area contributed by atoms with Crippen LogP contribution in [-0.2, 0) is 4.79 Å². The van der Waals surface area contributed by atoms with Gasteiger partial charge in [-0.2, -0.15) is 0 Å². The molecule has 0 aliphatic heterocycles. The second-order valence-electron chi connectivity index (χ2n) is 3.64. The summed E-state index contributed by atoms with van der Waals surface area (Å²) in [7, 11) is 1.41. The molecular formula is C12H16N2O4. The van der Waals surface area contributed by atoms with Gasteiger partial charge in [0.1, 0.15) is 12.3 Å². The molecule has 0 saturated carbocycles. The summed E-state index contributed by atoms with van der Waals surface area (Å²) in [6.07, 6.45) is 0. The van der Waals surface area contributed by atoms with Crippen LogP contribution in [0.3, 0.4) is 0 Å². The third-order valence-corrected chi connectivity index (χ3v) is 2.12. The lowest BCUT2D eigenvalue weighted by Gasteiger charge is -2.15. The van der Waals surface area contributed by atoms with Gasteiger partial charge in [-0.1, -0.05) is 6.07 Å². The van der Waals surface area contributed by atoms with Crippen molar-refractivity contribution in [3.63, 3.8) is 0 Å². The maximum absolute atomic E-state index is 11.6. The molecule has 0 aliphatic carbocycles. The zero-order chi connectivity index (χ0) is 13.5. The van der Waals surface area contributed by atoms with Crippen molar-refractivity contribution in [3.05, 3.63) is 24.3 Å². The van der Waals surface area contributed by atoms with Crippen LogP contribution in [0.5, 0.6) is 5.75 Å². The molecule has 2 N–H and O–H groups in total. The van der Waals surface area contributed by atoms with E-state index < -0.39 is 12.0 Å². The molecule has 18 heavy (non-hydrogen) atoms. The number of hydrogen-bond donors (Lipinski definition) is 2. The maximum atomic E-state index is 11.6. The minimum absolute atomic E-state index is 0.350. The summed E-state index contributed by atoms with van der Waals surface area (Å²) in [6.45, 7) is 2.05. The molecule has 0 aromatic heterocycles. The summed E-state index contributed by atoms with van der Waals surface area (Å²) in [5.41, 5.74) is 0.559. The number of aliphatic carboxylic acids is 1. The predicted molar refractivity (Wildman–Crippen MR) is 66.9 cm³/mol. The Kier molecular flexibility index (Phi) is 4.98. The number of hydrogen-bond acceptors (Lipinski definition) is 3. The van der Waals surface area contributed by atoms with Gasteiger partial charge in [0.25, 0.3) is 0 Å². The van der Waals surface area contributed by atoms with Gasteiger partial charge in [0, 0.05) is 18.8 Å². The molecule has 6 heteroatoms. The second kappa shape index (κ2) is 6.48. The largest absolute Gasteiger partial charge is 0.494 e. The molecule has 6 nitrogen and oxygen atoms in total. The Balaban J connectivity index is 2.63. The van der Waals surface area contributed by atoms with E-state index in [1.807, 2.05) is 6.92 Å². The van der Waals surface area contributed by atoms with Gasteiger partial charge in [-0.15, -0.1) is 0 Å². The highest BCUT2D eigenvalue weighted by atomic mass is 16.5. The van der Waals surface area contributed by atoms with E-state index in [0.29, 0.717) is 18.0 Å². The summed E-state index contributed by atoms with van der Waals surface area (Å²) in [5.74, 6) is -0.410. The van der Waals surface area contributed by atoms with Crippen molar-refractivity contribution >= 4 is 17.7 Å². The highest BCUT2D eigenvalue weighted by Gasteiger charge is 2.12. The Morgan fingerprint density at radius 2 is 2.17 bits per heavy atom. The van der Waals surface area contributed by atoms with E-state index in [4.69, 9.17) is 9.84 Å². The number of benzene rings is 1. The normalized spacial score (nSPS) is 9.67. The molecule has 98 valence electrons. The number of nitrogens with zero attached hydrogens (tertiary/aromatic N) is 1. The van der Waals surface area contributed by atoms with Crippen LogP contribution in [0.25, 0.3) is 0 Å². The average Bonchev–Trinajstić information content (AvgIpc) is 2.29. The minimum Gasteiger partial charge on any atom is -0.494 e. The van der Waals surface area contributed by atoms with E-state index in [1.165, 1.54) is 7.05 Å². The van der Waals surface area contributed by atoms with E-state index in [-0.39, 0.29) is 6.54 Å². The predicted octanol–water partition coefficient (Wildman–Crippen LogP) is 1.63. The number of nitrogens with one attached hydrogen (secondary N) is 1. The molecule has 0 heterocycles. The van der Waals surface area contributed by atoms with Crippen LogP contribution in [0.2, 0.25) is 0 Å². The Labute approximate surface area is 105 Å². The first-order valence-corrected chi connectivity index (χ1v) is 5.49. The second-order valence-corrected chi connectivity index (χ2v) is 3.64. The molecule has 2 amide bonds. The van der Waals surface area contributed by atoms with Gasteiger partial charge in [-0.3, -0.25) is 4.79 Å². The Hall–Kier alpha value is -2.24. The lowest BCUT2D eigenvalue weighted by atomic mass is 10.3. The quantitative estimate of drug-likeness (QED) is 0.834. The molecule has 0 radical (unpaired) electrons. The Bertz CT molecular complexity index is 434. The topological polar surface area (TPSA) is 78.9 Å². The monoisotopic (exact) mass is 252 g/mol. The summed E-state index contributed by atoms with van der Waals surface area (Å²) >= 11 is 0. The van der Waals surface area contributed by atoms with E-state index in [9.17, 15) is 9.59 Å². The smallest absolute Gasteiger partial charge is 0.323 e. The highest BCUT2D eigenvalue weighted by molar-refractivity contribution is 5.91. The third kappa shape index (κ3) is 4.32. The van der Waals surface area contributed by atoms with E-state index in [1.54, 1.807) is 24.3 Å². The third-order valence-electron chi connectivity index (χ3n) is 2.12. The van der Waals surface area contributed by atoms with Crippen molar-refractivity contribution in [1.29, 1.82) is 0 Å².